The molecule has 0 N–H and O–H groups in total. The molecule has 13 nitrogen and oxygen atoms in total. The van der Waals surface area contributed by atoms with Crippen molar-refractivity contribution in [2.75, 3.05) is 6.61 Å². The molecular formula is C26H28O13. The first-order valence-corrected chi connectivity index (χ1v) is 11.8. The summed E-state index contributed by atoms with van der Waals surface area (Å²) in [5.74, 6) is -3.72. The zero-order valence-electron chi connectivity index (χ0n) is 22.1. The summed E-state index contributed by atoms with van der Waals surface area (Å²) in [6, 6.07) is 4.26. The number of rotatable bonds is 8. The third-order valence-electron chi connectivity index (χ3n) is 5.62. The molecule has 1 aliphatic rings. The van der Waals surface area contributed by atoms with E-state index in [9.17, 15) is 28.8 Å². The highest BCUT2D eigenvalue weighted by Crippen LogP contribution is 2.35. The number of esters is 4. The zero-order valence-corrected chi connectivity index (χ0v) is 22.1. The number of ketones is 1. The molecule has 2 unspecified atom stereocenters. The molecule has 0 bridgehead atoms. The van der Waals surface area contributed by atoms with Crippen LogP contribution in [-0.2, 0) is 42.9 Å². The van der Waals surface area contributed by atoms with Crippen molar-refractivity contribution in [2.24, 2.45) is 0 Å². The van der Waals surface area contributed by atoms with Crippen molar-refractivity contribution in [3.05, 3.63) is 39.7 Å². The van der Waals surface area contributed by atoms with Gasteiger partial charge in [-0.1, -0.05) is 0 Å². The summed E-state index contributed by atoms with van der Waals surface area (Å²) in [5, 5.41) is 0.480. The molecule has 0 saturated carbocycles. The van der Waals surface area contributed by atoms with Crippen LogP contribution >= 0.6 is 0 Å². The molecule has 5 atom stereocenters. The molecule has 1 saturated heterocycles. The van der Waals surface area contributed by atoms with Gasteiger partial charge in [0.15, 0.2) is 23.6 Å². The Balaban J connectivity index is 2.15. The van der Waals surface area contributed by atoms with Gasteiger partial charge in [0.25, 0.3) is 0 Å². The van der Waals surface area contributed by atoms with Crippen molar-refractivity contribution in [1.82, 2.24) is 0 Å². The average molecular weight is 548 g/mol. The van der Waals surface area contributed by atoms with Gasteiger partial charge in [-0.3, -0.25) is 24.0 Å². The first kappa shape index (κ1) is 29.3. The summed E-state index contributed by atoms with van der Waals surface area (Å²) in [6.45, 7) is 6.86. The highest BCUT2D eigenvalue weighted by Gasteiger charge is 2.53. The Hall–Kier alpha value is -4.26. The van der Waals surface area contributed by atoms with Crippen LogP contribution in [0.1, 0.15) is 50.5 Å². The van der Waals surface area contributed by atoms with Gasteiger partial charge in [0.05, 0.1) is 0 Å². The van der Waals surface area contributed by atoms with E-state index in [2.05, 4.69) is 0 Å². The Kier molecular flexibility index (Phi) is 9.07. The first-order valence-electron chi connectivity index (χ1n) is 11.8. The Morgan fingerprint density at radius 3 is 1.97 bits per heavy atom. The smallest absolute Gasteiger partial charge is 0.336 e. The van der Waals surface area contributed by atoms with Crippen LogP contribution in [0, 0.1) is 6.92 Å². The second-order valence-electron chi connectivity index (χ2n) is 8.81. The summed E-state index contributed by atoms with van der Waals surface area (Å²) in [7, 11) is 0. The summed E-state index contributed by atoms with van der Waals surface area (Å²) in [4.78, 5) is 72.2. The lowest BCUT2D eigenvalue weighted by atomic mass is 9.98. The fourth-order valence-electron chi connectivity index (χ4n) is 4.21. The van der Waals surface area contributed by atoms with E-state index in [1.807, 2.05) is 0 Å². The summed E-state index contributed by atoms with van der Waals surface area (Å²) < 4.78 is 38.4. The number of hydrogen-bond donors (Lipinski definition) is 0. The maximum Gasteiger partial charge on any atom is 0.336 e. The lowest BCUT2D eigenvalue weighted by molar-refractivity contribution is -0.288. The highest BCUT2D eigenvalue weighted by atomic mass is 16.7. The maximum absolute atomic E-state index is 12.7. The topological polar surface area (TPSA) is 171 Å². The van der Waals surface area contributed by atoms with Crippen LogP contribution < -0.4 is 10.4 Å². The fraction of sp³-hybridized carbons (Fsp3) is 0.462. The maximum atomic E-state index is 12.7. The summed E-state index contributed by atoms with van der Waals surface area (Å²) >= 11 is 0. The average Bonchev–Trinajstić information content (AvgIpc) is 2.80. The summed E-state index contributed by atoms with van der Waals surface area (Å²) in [6.07, 6.45) is -7.17. The predicted molar refractivity (Wildman–Crippen MR) is 130 cm³/mol. The third-order valence-corrected chi connectivity index (χ3v) is 5.62. The molecule has 0 aliphatic carbocycles. The van der Waals surface area contributed by atoms with E-state index in [0.29, 0.717) is 10.9 Å². The van der Waals surface area contributed by atoms with Crippen LogP contribution in [0.4, 0.5) is 0 Å². The molecule has 2 heterocycles. The van der Waals surface area contributed by atoms with Gasteiger partial charge >= 0.3 is 29.5 Å². The van der Waals surface area contributed by atoms with Crippen molar-refractivity contribution in [2.45, 2.75) is 72.2 Å². The van der Waals surface area contributed by atoms with Gasteiger partial charge in [-0.2, -0.15) is 0 Å². The number of Topliss-reactive ketones (excluding diaryl/α,β-unsaturated/α-hetero) is 1. The van der Waals surface area contributed by atoms with Crippen molar-refractivity contribution in [3.63, 3.8) is 0 Å². The lowest BCUT2D eigenvalue weighted by Gasteiger charge is -2.44. The molecule has 1 aromatic carbocycles. The molecule has 2 aromatic rings. The molecule has 3 rings (SSSR count). The van der Waals surface area contributed by atoms with Crippen LogP contribution in [0.25, 0.3) is 11.0 Å². The zero-order chi connectivity index (χ0) is 29.0. The minimum atomic E-state index is -1.57. The highest BCUT2D eigenvalue weighted by molar-refractivity contribution is 6.07. The second kappa shape index (κ2) is 12.1. The molecule has 13 heteroatoms. The van der Waals surface area contributed by atoms with E-state index < -0.39 is 72.6 Å². The van der Waals surface area contributed by atoms with Gasteiger partial charge in [-0.05, 0) is 31.5 Å². The number of carbonyl (C=O) groups is 5. The van der Waals surface area contributed by atoms with E-state index in [1.54, 1.807) is 13.0 Å². The number of carbonyl (C=O) groups excluding carboxylic acids is 5. The van der Waals surface area contributed by atoms with Crippen molar-refractivity contribution >= 4 is 40.6 Å². The molecule has 0 spiro atoms. The molecular weight excluding hydrogens is 520 g/mol. The Bertz CT molecular complexity index is 1360. The number of aryl methyl sites for hydroxylation is 1. The minimum absolute atomic E-state index is 0.0318. The molecule has 0 amide bonds. The van der Waals surface area contributed by atoms with Gasteiger partial charge in [-0.15, -0.1) is 0 Å². The standard InChI is InChI=1S/C26H28O13/c1-11-9-20(32)39-22-17(11)7-8-18(21(22)12(2)27)37-26-25(36-16(6)31)24(35-15(5)30)23(34-14(4)29)19(38-26)10-33-13(3)28/h7-9,19,23-26H,10H2,1-6H3/t19?,23-,24-,25?,26+/m0/s1. The van der Waals surface area contributed by atoms with E-state index in [4.69, 9.17) is 32.8 Å². The number of benzene rings is 1. The van der Waals surface area contributed by atoms with Gasteiger partial charge in [0.2, 0.25) is 12.4 Å². The van der Waals surface area contributed by atoms with Crippen molar-refractivity contribution in [3.8, 4) is 5.75 Å². The fourth-order valence-corrected chi connectivity index (χ4v) is 4.21. The predicted octanol–water partition coefficient (Wildman–Crippen LogP) is 1.77. The Labute approximate surface area is 222 Å². The van der Waals surface area contributed by atoms with Crippen LogP contribution in [0.15, 0.2) is 27.4 Å². The first-order chi connectivity index (χ1) is 18.3. The van der Waals surface area contributed by atoms with Gasteiger partial charge in [-0.25, -0.2) is 4.79 Å². The Morgan fingerprint density at radius 1 is 0.821 bits per heavy atom. The van der Waals surface area contributed by atoms with Crippen LogP contribution in [0.5, 0.6) is 5.75 Å². The molecule has 39 heavy (non-hydrogen) atoms. The molecule has 1 aliphatic heterocycles. The van der Waals surface area contributed by atoms with Crippen LogP contribution in [-0.4, -0.2) is 67.0 Å². The van der Waals surface area contributed by atoms with Gasteiger partial charge < -0.3 is 32.8 Å². The normalized spacial score (nSPS) is 22.5. The van der Waals surface area contributed by atoms with Crippen molar-refractivity contribution < 1.29 is 56.8 Å². The van der Waals surface area contributed by atoms with E-state index >= 15 is 0 Å². The van der Waals surface area contributed by atoms with Crippen molar-refractivity contribution in [1.29, 1.82) is 0 Å². The third kappa shape index (κ3) is 6.99. The van der Waals surface area contributed by atoms with E-state index in [1.165, 1.54) is 19.1 Å². The van der Waals surface area contributed by atoms with Crippen LogP contribution in [0.2, 0.25) is 0 Å². The quantitative estimate of drug-likeness (QED) is 0.202. The monoisotopic (exact) mass is 548 g/mol. The number of fused-ring (bicyclic) bond motifs is 1. The molecule has 1 aromatic heterocycles. The second-order valence-corrected chi connectivity index (χ2v) is 8.81. The minimum Gasteiger partial charge on any atom is -0.463 e. The van der Waals surface area contributed by atoms with Gasteiger partial charge in [0, 0.05) is 39.1 Å². The SMILES string of the molecule is CC(=O)OCC1O[C@@H](Oc2ccc3c(C)cc(=O)oc3c2C(C)=O)C(OC(C)=O)[C@@H](OC(C)=O)[C@H]1OC(C)=O. The van der Waals surface area contributed by atoms with E-state index in [-0.39, 0.29) is 16.9 Å². The Morgan fingerprint density at radius 2 is 1.41 bits per heavy atom. The number of hydrogen-bond acceptors (Lipinski definition) is 13. The summed E-state index contributed by atoms with van der Waals surface area (Å²) in [5.41, 5.74) is -0.258. The largest absolute Gasteiger partial charge is 0.463 e. The molecule has 210 valence electrons. The van der Waals surface area contributed by atoms with Crippen LogP contribution in [0.3, 0.4) is 0 Å². The van der Waals surface area contributed by atoms with E-state index in [0.717, 1.165) is 27.7 Å². The number of ether oxygens (including phenoxy) is 6. The lowest BCUT2D eigenvalue weighted by Crippen LogP contribution is -2.63. The van der Waals surface area contributed by atoms with Gasteiger partial charge in [0.1, 0.15) is 24.0 Å². The molecule has 1 fully saturated rings. The molecule has 0 radical (unpaired) electrons.